The number of nitro benzene ring substituents is 1. The van der Waals surface area contributed by atoms with Gasteiger partial charge in [-0.15, -0.1) is 0 Å². The van der Waals surface area contributed by atoms with Crippen molar-refractivity contribution in [1.82, 2.24) is 15.1 Å². The van der Waals surface area contributed by atoms with E-state index >= 15 is 0 Å². The summed E-state index contributed by atoms with van der Waals surface area (Å²) < 4.78 is 10.7. The normalized spacial score (nSPS) is 20.4. The lowest BCUT2D eigenvalue weighted by Crippen LogP contribution is -2.62. The average Bonchev–Trinajstić information content (AvgIpc) is 3.51. The van der Waals surface area contributed by atoms with Gasteiger partial charge in [0.2, 0.25) is 11.8 Å². The number of benzene rings is 2. The monoisotopic (exact) mass is 551 g/mol. The van der Waals surface area contributed by atoms with Gasteiger partial charge < -0.3 is 24.6 Å². The third kappa shape index (κ3) is 5.84. The Labute approximate surface area is 234 Å². The zero-order valence-corrected chi connectivity index (χ0v) is 23.1. The summed E-state index contributed by atoms with van der Waals surface area (Å²) in [5, 5.41) is 14.6. The Kier molecular flexibility index (Phi) is 8.39. The highest BCUT2D eigenvalue weighted by Crippen LogP contribution is 2.38. The minimum absolute atomic E-state index is 0.0275. The van der Waals surface area contributed by atoms with E-state index in [1.54, 1.807) is 26.4 Å². The number of hydrogen-bond acceptors (Lipinski definition) is 8. The molecule has 2 amide bonds. The lowest BCUT2D eigenvalue weighted by Gasteiger charge is -2.49. The standard InChI is InChI=1S/C29H37N5O6/c1-39-26-8-5-20(15-27(26)40-2)9-10-30-29(36)23-17-21-16-22(34(37)38)6-7-24(21)33-14-13-31(18-25(23)33)19-28(35)32-11-3-4-12-32/h5-8,15-16,23,25H,3-4,9-14,17-19H2,1-2H3,(H,30,36). The van der Waals surface area contributed by atoms with E-state index < -0.39 is 10.8 Å². The minimum Gasteiger partial charge on any atom is -0.493 e. The topological polar surface area (TPSA) is 117 Å². The molecule has 2 unspecified atom stereocenters. The molecule has 2 atom stereocenters. The first-order valence-electron chi connectivity index (χ1n) is 13.9. The number of likely N-dealkylation sites (tertiary alicyclic amines) is 1. The molecule has 5 rings (SSSR count). The number of methoxy groups -OCH3 is 2. The summed E-state index contributed by atoms with van der Waals surface area (Å²) in [5.41, 5.74) is 2.79. The molecule has 40 heavy (non-hydrogen) atoms. The number of non-ortho nitro benzene ring substituents is 1. The highest BCUT2D eigenvalue weighted by Gasteiger charge is 2.42. The van der Waals surface area contributed by atoms with Gasteiger partial charge in [0.15, 0.2) is 11.5 Å². The Morgan fingerprint density at radius 2 is 1.80 bits per heavy atom. The van der Waals surface area contributed by atoms with E-state index in [4.69, 9.17) is 9.47 Å². The van der Waals surface area contributed by atoms with Gasteiger partial charge in [0.25, 0.3) is 5.69 Å². The van der Waals surface area contributed by atoms with Crippen LogP contribution in [0.2, 0.25) is 0 Å². The fourth-order valence-corrected chi connectivity index (χ4v) is 6.18. The van der Waals surface area contributed by atoms with Crippen molar-refractivity contribution in [3.63, 3.8) is 0 Å². The zero-order valence-electron chi connectivity index (χ0n) is 23.1. The van der Waals surface area contributed by atoms with Gasteiger partial charge in [-0.25, -0.2) is 0 Å². The lowest BCUT2D eigenvalue weighted by molar-refractivity contribution is -0.384. The van der Waals surface area contributed by atoms with Crippen LogP contribution < -0.4 is 19.7 Å². The summed E-state index contributed by atoms with van der Waals surface area (Å²) in [6.07, 6.45) is 3.13. The van der Waals surface area contributed by atoms with Gasteiger partial charge in [-0.05, 0) is 55.0 Å². The lowest BCUT2D eigenvalue weighted by atomic mass is 9.83. The molecule has 3 aliphatic rings. The molecule has 0 aliphatic carbocycles. The Morgan fingerprint density at radius 1 is 1.02 bits per heavy atom. The number of carbonyl (C=O) groups is 2. The van der Waals surface area contributed by atoms with E-state index in [2.05, 4.69) is 15.1 Å². The molecule has 11 heteroatoms. The predicted octanol–water partition coefficient (Wildman–Crippen LogP) is 2.26. The fraction of sp³-hybridized carbons (Fsp3) is 0.517. The minimum atomic E-state index is -0.399. The van der Waals surface area contributed by atoms with Gasteiger partial charge in [0, 0.05) is 57.1 Å². The maximum Gasteiger partial charge on any atom is 0.269 e. The molecule has 0 bridgehead atoms. The van der Waals surface area contributed by atoms with Crippen LogP contribution in [0.25, 0.3) is 0 Å². The highest BCUT2D eigenvalue weighted by molar-refractivity contribution is 5.82. The first kappa shape index (κ1) is 27.7. The summed E-state index contributed by atoms with van der Waals surface area (Å²) in [6.45, 7) is 4.36. The zero-order chi connectivity index (χ0) is 28.2. The Hall–Kier alpha value is -3.86. The summed E-state index contributed by atoms with van der Waals surface area (Å²) in [4.78, 5) is 43.8. The van der Waals surface area contributed by atoms with E-state index in [9.17, 15) is 19.7 Å². The van der Waals surface area contributed by atoms with Crippen molar-refractivity contribution in [1.29, 1.82) is 0 Å². The molecule has 0 radical (unpaired) electrons. The molecule has 2 fully saturated rings. The van der Waals surface area contributed by atoms with E-state index in [0.29, 0.717) is 57.1 Å². The quantitative estimate of drug-likeness (QED) is 0.373. The summed E-state index contributed by atoms with van der Waals surface area (Å²) in [7, 11) is 3.18. The summed E-state index contributed by atoms with van der Waals surface area (Å²) >= 11 is 0. The summed E-state index contributed by atoms with van der Waals surface area (Å²) in [6, 6.07) is 10.5. The van der Waals surface area contributed by atoms with Crippen LogP contribution in [0, 0.1) is 16.0 Å². The second kappa shape index (κ2) is 12.1. The van der Waals surface area contributed by atoms with Gasteiger partial charge in [0.05, 0.1) is 37.6 Å². The second-order valence-corrected chi connectivity index (χ2v) is 10.7. The number of fused-ring (bicyclic) bond motifs is 3. The number of anilines is 1. The molecule has 1 N–H and O–H groups in total. The largest absolute Gasteiger partial charge is 0.493 e. The predicted molar refractivity (Wildman–Crippen MR) is 150 cm³/mol. The van der Waals surface area contributed by atoms with Crippen LogP contribution in [-0.4, -0.2) is 92.6 Å². The molecule has 2 aromatic carbocycles. The highest BCUT2D eigenvalue weighted by atomic mass is 16.6. The Bertz CT molecular complexity index is 1260. The van der Waals surface area contributed by atoms with Gasteiger partial charge in [0.1, 0.15) is 0 Å². The molecule has 3 heterocycles. The molecule has 0 spiro atoms. The number of amides is 2. The number of nitrogens with zero attached hydrogens (tertiary/aromatic N) is 4. The van der Waals surface area contributed by atoms with Crippen molar-refractivity contribution < 1.29 is 24.0 Å². The first-order chi connectivity index (χ1) is 19.4. The van der Waals surface area contributed by atoms with Gasteiger partial charge in [-0.1, -0.05) is 6.07 Å². The average molecular weight is 552 g/mol. The molecule has 2 aromatic rings. The van der Waals surface area contributed by atoms with Crippen molar-refractivity contribution in [3.8, 4) is 11.5 Å². The van der Waals surface area contributed by atoms with Crippen LogP contribution >= 0.6 is 0 Å². The maximum absolute atomic E-state index is 13.6. The second-order valence-electron chi connectivity index (χ2n) is 10.7. The first-order valence-corrected chi connectivity index (χ1v) is 13.9. The molecule has 0 aromatic heterocycles. The van der Waals surface area contributed by atoms with Crippen LogP contribution in [0.3, 0.4) is 0 Å². The van der Waals surface area contributed by atoms with Crippen molar-refractivity contribution in [2.75, 3.05) is 64.9 Å². The number of rotatable bonds is 9. The summed E-state index contributed by atoms with van der Waals surface area (Å²) in [5.74, 6) is 0.951. The van der Waals surface area contributed by atoms with Crippen molar-refractivity contribution >= 4 is 23.2 Å². The van der Waals surface area contributed by atoms with Crippen LogP contribution in [0.5, 0.6) is 11.5 Å². The third-order valence-electron chi connectivity index (χ3n) is 8.31. The van der Waals surface area contributed by atoms with Crippen LogP contribution in [0.4, 0.5) is 11.4 Å². The third-order valence-corrected chi connectivity index (χ3v) is 8.31. The number of hydrogen-bond donors (Lipinski definition) is 1. The molecular formula is C29H37N5O6. The number of nitro groups is 1. The molecular weight excluding hydrogens is 514 g/mol. The van der Waals surface area contributed by atoms with Gasteiger partial charge >= 0.3 is 0 Å². The maximum atomic E-state index is 13.6. The van der Waals surface area contributed by atoms with E-state index in [-0.39, 0.29) is 23.5 Å². The van der Waals surface area contributed by atoms with E-state index in [0.717, 1.165) is 42.7 Å². The van der Waals surface area contributed by atoms with Crippen molar-refractivity contribution in [3.05, 3.63) is 57.6 Å². The van der Waals surface area contributed by atoms with Gasteiger partial charge in [-0.3, -0.25) is 24.6 Å². The van der Waals surface area contributed by atoms with Crippen LogP contribution in [0.1, 0.15) is 24.0 Å². The van der Waals surface area contributed by atoms with E-state index in [1.165, 1.54) is 6.07 Å². The SMILES string of the molecule is COc1ccc(CCNC(=O)C2Cc3cc([N+](=O)[O-])ccc3N3CCN(CC(=O)N4CCCC4)CC23)cc1OC. The van der Waals surface area contributed by atoms with Crippen molar-refractivity contribution in [2.45, 2.75) is 31.7 Å². The van der Waals surface area contributed by atoms with Crippen LogP contribution in [-0.2, 0) is 22.4 Å². The molecule has 11 nitrogen and oxygen atoms in total. The Morgan fingerprint density at radius 3 is 2.52 bits per heavy atom. The van der Waals surface area contributed by atoms with E-state index in [1.807, 2.05) is 23.1 Å². The fourth-order valence-electron chi connectivity index (χ4n) is 6.18. The molecule has 214 valence electrons. The molecule has 2 saturated heterocycles. The molecule has 0 saturated carbocycles. The number of ether oxygens (including phenoxy) is 2. The number of carbonyl (C=O) groups excluding carboxylic acids is 2. The molecule has 3 aliphatic heterocycles. The van der Waals surface area contributed by atoms with Crippen LogP contribution in [0.15, 0.2) is 36.4 Å². The smallest absolute Gasteiger partial charge is 0.269 e. The Balaban J connectivity index is 1.30. The van der Waals surface area contributed by atoms with Crippen molar-refractivity contribution in [2.24, 2.45) is 5.92 Å². The number of piperazine rings is 1. The number of nitrogens with one attached hydrogen (secondary N) is 1. The van der Waals surface area contributed by atoms with Gasteiger partial charge in [-0.2, -0.15) is 0 Å².